The summed E-state index contributed by atoms with van der Waals surface area (Å²) in [6, 6.07) is 6.76. The molecule has 0 aromatic heterocycles. The number of hydrogen-bond donors (Lipinski definition) is 0. The van der Waals surface area contributed by atoms with Crippen molar-refractivity contribution in [3.05, 3.63) is 47.5 Å². The molecule has 1 fully saturated rings. The molecule has 1 amide bonds. The lowest BCUT2D eigenvalue weighted by Gasteiger charge is -2.42. The fourth-order valence-corrected chi connectivity index (χ4v) is 3.53. The van der Waals surface area contributed by atoms with Crippen molar-refractivity contribution < 1.29 is 14.3 Å². The van der Waals surface area contributed by atoms with E-state index in [2.05, 4.69) is 6.58 Å². The number of carbonyl (C=O) groups excluding carboxylic acids is 2. The lowest BCUT2D eigenvalue weighted by Crippen LogP contribution is -2.52. The zero-order valence-corrected chi connectivity index (χ0v) is 15.0. The van der Waals surface area contributed by atoms with E-state index in [0.29, 0.717) is 17.9 Å². The van der Waals surface area contributed by atoms with Gasteiger partial charge in [0.15, 0.2) is 0 Å². The first-order valence-corrected chi connectivity index (χ1v) is 8.67. The van der Waals surface area contributed by atoms with Gasteiger partial charge >= 0.3 is 5.97 Å². The van der Waals surface area contributed by atoms with Crippen LogP contribution in [0.2, 0.25) is 5.02 Å². The Morgan fingerprint density at radius 2 is 2.08 bits per heavy atom. The fourth-order valence-electron chi connectivity index (χ4n) is 3.40. The van der Waals surface area contributed by atoms with E-state index in [1.165, 1.54) is 7.11 Å². The van der Waals surface area contributed by atoms with Gasteiger partial charge in [0, 0.05) is 10.9 Å². The summed E-state index contributed by atoms with van der Waals surface area (Å²) in [5, 5.41) is 0.650. The van der Waals surface area contributed by atoms with Gasteiger partial charge in [-0.1, -0.05) is 36.7 Å². The largest absolute Gasteiger partial charge is 0.467 e. The molecule has 24 heavy (non-hydrogen) atoms. The molecule has 1 aliphatic rings. The second-order valence-corrected chi connectivity index (χ2v) is 6.50. The van der Waals surface area contributed by atoms with E-state index in [1.54, 1.807) is 11.0 Å². The van der Waals surface area contributed by atoms with Crippen LogP contribution in [0.4, 0.5) is 0 Å². The molecule has 0 radical (unpaired) electrons. The number of benzene rings is 1. The second kappa shape index (κ2) is 8.34. The van der Waals surface area contributed by atoms with Crippen molar-refractivity contribution in [3.8, 4) is 0 Å². The van der Waals surface area contributed by atoms with Crippen LogP contribution in [0.25, 0.3) is 0 Å². The van der Waals surface area contributed by atoms with Crippen LogP contribution >= 0.6 is 11.6 Å². The quantitative estimate of drug-likeness (QED) is 0.572. The molecule has 0 bridgehead atoms. The van der Waals surface area contributed by atoms with Crippen LogP contribution < -0.4 is 0 Å². The molecule has 1 heterocycles. The summed E-state index contributed by atoms with van der Waals surface area (Å²) >= 11 is 5.98. The van der Waals surface area contributed by atoms with Gasteiger partial charge in [-0.3, -0.25) is 4.79 Å². The molecule has 1 aromatic carbocycles. The zero-order chi connectivity index (χ0) is 17.7. The predicted molar refractivity (Wildman–Crippen MR) is 94.7 cm³/mol. The Kier molecular flexibility index (Phi) is 6.44. The maximum atomic E-state index is 13.0. The topological polar surface area (TPSA) is 46.6 Å². The molecular weight excluding hydrogens is 326 g/mol. The number of hydrogen-bond acceptors (Lipinski definition) is 3. The Labute approximate surface area is 148 Å². The standard InChI is InChI=1S/C19H24ClNO3/c1-4-6-14-9-12-17(13-7-10-15(20)11-8-13)21(18(14)22)16(5-2)19(23)24-3/h4,7-8,10-11,14,16-17H,1,5-6,9,12H2,2-3H3/t14-,16?,17?/m0/s1. The third-order valence-corrected chi connectivity index (χ3v) is 4.88. The Hall–Kier alpha value is -1.81. The molecule has 0 saturated carbocycles. The highest BCUT2D eigenvalue weighted by Crippen LogP contribution is 2.38. The average Bonchev–Trinajstić information content (AvgIpc) is 2.59. The van der Waals surface area contributed by atoms with Gasteiger partial charge in [0.25, 0.3) is 0 Å². The summed E-state index contributed by atoms with van der Waals surface area (Å²) in [4.78, 5) is 27.0. The first kappa shape index (κ1) is 18.5. The lowest BCUT2D eigenvalue weighted by atomic mass is 9.85. The van der Waals surface area contributed by atoms with Gasteiger partial charge in [0.1, 0.15) is 6.04 Å². The van der Waals surface area contributed by atoms with E-state index in [0.717, 1.165) is 18.4 Å². The van der Waals surface area contributed by atoms with Crippen molar-refractivity contribution in [1.82, 2.24) is 4.90 Å². The predicted octanol–water partition coefficient (Wildman–Crippen LogP) is 4.15. The van der Waals surface area contributed by atoms with E-state index in [1.807, 2.05) is 31.2 Å². The lowest BCUT2D eigenvalue weighted by molar-refractivity contribution is -0.160. The summed E-state index contributed by atoms with van der Waals surface area (Å²) in [5.74, 6) is -0.493. The number of rotatable bonds is 6. The summed E-state index contributed by atoms with van der Waals surface area (Å²) in [6.07, 6.45) is 4.50. The summed E-state index contributed by atoms with van der Waals surface area (Å²) in [7, 11) is 1.36. The van der Waals surface area contributed by atoms with Gasteiger partial charge in [0.2, 0.25) is 5.91 Å². The van der Waals surface area contributed by atoms with Crippen molar-refractivity contribution in [2.75, 3.05) is 7.11 Å². The van der Waals surface area contributed by atoms with Crippen molar-refractivity contribution in [2.45, 2.75) is 44.7 Å². The van der Waals surface area contributed by atoms with Crippen molar-refractivity contribution in [1.29, 1.82) is 0 Å². The highest BCUT2D eigenvalue weighted by molar-refractivity contribution is 6.30. The van der Waals surface area contributed by atoms with E-state index < -0.39 is 6.04 Å². The van der Waals surface area contributed by atoms with Gasteiger partial charge in [-0.15, -0.1) is 6.58 Å². The smallest absolute Gasteiger partial charge is 0.328 e. The van der Waals surface area contributed by atoms with Crippen LogP contribution in [-0.4, -0.2) is 29.9 Å². The van der Waals surface area contributed by atoms with Crippen LogP contribution in [0, 0.1) is 5.92 Å². The number of allylic oxidation sites excluding steroid dienone is 1. The van der Waals surface area contributed by atoms with E-state index >= 15 is 0 Å². The number of amides is 1. The molecule has 1 aromatic rings. The molecule has 3 atom stereocenters. The number of nitrogens with zero attached hydrogens (tertiary/aromatic N) is 1. The van der Waals surface area contributed by atoms with E-state index in [4.69, 9.17) is 16.3 Å². The molecule has 0 N–H and O–H groups in total. The van der Waals surface area contributed by atoms with Gasteiger partial charge in [-0.2, -0.15) is 0 Å². The number of carbonyl (C=O) groups is 2. The minimum Gasteiger partial charge on any atom is -0.467 e. The second-order valence-electron chi connectivity index (χ2n) is 6.06. The Morgan fingerprint density at radius 1 is 1.42 bits per heavy atom. The molecule has 2 rings (SSSR count). The van der Waals surface area contributed by atoms with Crippen molar-refractivity contribution in [3.63, 3.8) is 0 Å². The monoisotopic (exact) mass is 349 g/mol. The minimum absolute atomic E-state index is 0.00153. The van der Waals surface area contributed by atoms with Gasteiger partial charge in [-0.05, 0) is 43.4 Å². The normalized spacial score (nSPS) is 22.1. The number of likely N-dealkylation sites (tertiary alicyclic amines) is 1. The molecule has 5 heteroatoms. The first-order chi connectivity index (χ1) is 11.5. The van der Waals surface area contributed by atoms with Crippen LogP contribution in [0.3, 0.4) is 0 Å². The highest BCUT2D eigenvalue weighted by atomic mass is 35.5. The molecule has 4 nitrogen and oxygen atoms in total. The third kappa shape index (κ3) is 3.81. The maximum Gasteiger partial charge on any atom is 0.328 e. The Bertz CT molecular complexity index is 599. The summed E-state index contributed by atoms with van der Waals surface area (Å²) < 4.78 is 4.93. The highest BCUT2D eigenvalue weighted by Gasteiger charge is 2.41. The fraction of sp³-hybridized carbons (Fsp3) is 0.474. The number of halogens is 1. The van der Waals surface area contributed by atoms with Crippen LogP contribution in [0.1, 0.15) is 44.2 Å². The summed E-state index contributed by atoms with van der Waals surface area (Å²) in [5.41, 5.74) is 0.993. The average molecular weight is 350 g/mol. The maximum absolute atomic E-state index is 13.0. The van der Waals surface area contributed by atoms with Crippen LogP contribution in [0.5, 0.6) is 0 Å². The van der Waals surface area contributed by atoms with Crippen molar-refractivity contribution in [2.24, 2.45) is 5.92 Å². The molecule has 0 aliphatic carbocycles. The number of esters is 1. The van der Waals surface area contributed by atoms with Crippen LogP contribution in [0.15, 0.2) is 36.9 Å². The van der Waals surface area contributed by atoms with Gasteiger partial charge in [-0.25, -0.2) is 4.79 Å². The first-order valence-electron chi connectivity index (χ1n) is 8.29. The zero-order valence-electron chi connectivity index (χ0n) is 14.2. The molecule has 130 valence electrons. The Balaban J connectivity index is 2.40. The number of methoxy groups -OCH3 is 1. The number of piperidine rings is 1. The van der Waals surface area contributed by atoms with Gasteiger partial charge in [0.05, 0.1) is 13.2 Å². The molecule has 2 unspecified atom stereocenters. The van der Waals surface area contributed by atoms with E-state index in [9.17, 15) is 9.59 Å². The molecule has 1 saturated heterocycles. The third-order valence-electron chi connectivity index (χ3n) is 4.63. The number of ether oxygens (including phenoxy) is 1. The molecular formula is C19H24ClNO3. The van der Waals surface area contributed by atoms with E-state index in [-0.39, 0.29) is 23.8 Å². The van der Waals surface area contributed by atoms with Crippen LogP contribution in [-0.2, 0) is 14.3 Å². The molecule has 1 aliphatic heterocycles. The van der Waals surface area contributed by atoms with Gasteiger partial charge < -0.3 is 9.64 Å². The van der Waals surface area contributed by atoms with Crippen molar-refractivity contribution >= 4 is 23.5 Å². The molecule has 0 spiro atoms. The Morgan fingerprint density at radius 3 is 2.62 bits per heavy atom. The minimum atomic E-state index is -0.573. The summed E-state index contributed by atoms with van der Waals surface area (Å²) in [6.45, 7) is 5.63. The SMILES string of the molecule is C=CC[C@H]1CCC(c2ccc(Cl)cc2)N(C(CC)C(=O)OC)C1=O.